The molecule has 1 aliphatic rings. The van der Waals surface area contributed by atoms with Gasteiger partial charge >= 0.3 is 0 Å². The van der Waals surface area contributed by atoms with E-state index in [9.17, 15) is 4.79 Å². The number of fused-ring (bicyclic) bond motifs is 1. The Morgan fingerprint density at radius 3 is 2.47 bits per heavy atom. The highest BCUT2D eigenvalue weighted by Gasteiger charge is 2.21. The van der Waals surface area contributed by atoms with Crippen molar-refractivity contribution in [3.63, 3.8) is 0 Å². The van der Waals surface area contributed by atoms with Gasteiger partial charge in [-0.2, -0.15) is 0 Å². The van der Waals surface area contributed by atoms with Crippen LogP contribution >= 0.6 is 0 Å². The molecule has 3 rings (SSSR count). The first-order valence-corrected chi connectivity index (χ1v) is 6.23. The molecule has 1 amide bonds. The molecule has 0 aliphatic carbocycles. The van der Waals surface area contributed by atoms with Crippen molar-refractivity contribution < 1.29 is 4.79 Å². The molecule has 3 heteroatoms. The van der Waals surface area contributed by atoms with E-state index < -0.39 is 0 Å². The second kappa shape index (κ2) is 4.69. The number of likely N-dealkylation sites (N-methyl/N-ethyl adjacent to an activating group) is 1. The average Bonchev–Trinajstić information content (AvgIpc) is 2.59. The van der Waals surface area contributed by atoms with Gasteiger partial charge < -0.3 is 4.90 Å². The lowest BCUT2D eigenvalue weighted by atomic mass is 10.0. The summed E-state index contributed by atoms with van der Waals surface area (Å²) >= 11 is 0. The molecule has 0 N–H and O–H groups in total. The highest BCUT2D eigenvalue weighted by atomic mass is 16.2. The number of carbonyl (C=O) groups is 1. The van der Waals surface area contributed by atoms with Gasteiger partial charge in [0.25, 0.3) is 0 Å². The first-order valence-electron chi connectivity index (χ1n) is 6.23. The van der Waals surface area contributed by atoms with Gasteiger partial charge in [-0.15, -0.1) is 0 Å². The van der Waals surface area contributed by atoms with E-state index in [0.717, 1.165) is 22.5 Å². The Balaban J connectivity index is 2.20. The monoisotopic (exact) mass is 250 g/mol. The molecule has 1 aliphatic heterocycles. The van der Waals surface area contributed by atoms with Crippen LogP contribution in [0, 0.1) is 0 Å². The van der Waals surface area contributed by atoms with Gasteiger partial charge in [-0.25, -0.2) is 0 Å². The van der Waals surface area contributed by atoms with Crippen LogP contribution in [0.15, 0.2) is 59.6 Å². The Kier molecular flexibility index (Phi) is 2.88. The standard InChI is InChI=1S/C16H14N2O/c1-18-14-10-6-5-9-13(14)16(17-11-15(18)19)12-7-3-2-4-8-12/h2-10H,11H2,1H3. The van der Waals surface area contributed by atoms with E-state index in [1.165, 1.54) is 0 Å². The van der Waals surface area contributed by atoms with Crippen molar-refractivity contribution in [2.75, 3.05) is 18.5 Å². The summed E-state index contributed by atoms with van der Waals surface area (Å²) in [7, 11) is 1.80. The van der Waals surface area contributed by atoms with Crippen LogP contribution in [0.2, 0.25) is 0 Å². The van der Waals surface area contributed by atoms with Crippen molar-refractivity contribution in [2.45, 2.75) is 0 Å². The van der Waals surface area contributed by atoms with E-state index >= 15 is 0 Å². The quantitative estimate of drug-likeness (QED) is 0.765. The van der Waals surface area contributed by atoms with E-state index in [1.807, 2.05) is 54.6 Å². The number of benzene rings is 2. The van der Waals surface area contributed by atoms with Gasteiger partial charge in [-0.1, -0.05) is 48.5 Å². The maximum Gasteiger partial charge on any atom is 0.248 e. The summed E-state index contributed by atoms with van der Waals surface area (Å²) < 4.78 is 0. The fourth-order valence-electron chi connectivity index (χ4n) is 2.28. The number of rotatable bonds is 1. The Morgan fingerprint density at radius 1 is 1.00 bits per heavy atom. The molecule has 2 aromatic rings. The molecule has 19 heavy (non-hydrogen) atoms. The van der Waals surface area contributed by atoms with Crippen molar-refractivity contribution in [3.8, 4) is 0 Å². The SMILES string of the molecule is CN1C(=O)CN=C(c2ccccc2)c2ccccc21. The van der Waals surface area contributed by atoms with Gasteiger partial charge in [0, 0.05) is 18.2 Å². The number of nitrogens with zero attached hydrogens (tertiary/aromatic N) is 2. The van der Waals surface area contributed by atoms with E-state index in [2.05, 4.69) is 4.99 Å². The molecule has 0 unspecified atom stereocenters. The molecule has 0 fully saturated rings. The molecule has 1 heterocycles. The normalized spacial score (nSPS) is 14.7. The zero-order chi connectivity index (χ0) is 13.2. The van der Waals surface area contributed by atoms with E-state index in [4.69, 9.17) is 0 Å². The first kappa shape index (κ1) is 11.7. The van der Waals surface area contributed by atoms with Crippen molar-refractivity contribution in [2.24, 2.45) is 4.99 Å². The molecule has 2 aromatic carbocycles. The number of para-hydroxylation sites is 1. The van der Waals surface area contributed by atoms with E-state index in [0.29, 0.717) is 0 Å². The number of amides is 1. The van der Waals surface area contributed by atoms with Crippen molar-refractivity contribution in [1.29, 1.82) is 0 Å². The van der Waals surface area contributed by atoms with Crippen LogP contribution < -0.4 is 4.90 Å². The number of anilines is 1. The minimum atomic E-state index is 0.0124. The zero-order valence-corrected chi connectivity index (χ0v) is 10.7. The molecular weight excluding hydrogens is 236 g/mol. The molecule has 0 aromatic heterocycles. The van der Waals surface area contributed by atoms with Crippen LogP contribution in [0.25, 0.3) is 0 Å². The van der Waals surface area contributed by atoms with Gasteiger partial charge in [0.1, 0.15) is 6.54 Å². The van der Waals surface area contributed by atoms with Gasteiger partial charge in [0.05, 0.1) is 11.4 Å². The summed E-state index contributed by atoms with van der Waals surface area (Å²) in [4.78, 5) is 18.1. The Morgan fingerprint density at radius 2 is 1.68 bits per heavy atom. The molecule has 0 saturated heterocycles. The second-order valence-electron chi connectivity index (χ2n) is 4.50. The largest absolute Gasteiger partial charge is 0.313 e. The van der Waals surface area contributed by atoms with Crippen molar-refractivity contribution in [3.05, 3.63) is 65.7 Å². The lowest BCUT2D eigenvalue weighted by molar-refractivity contribution is -0.116. The van der Waals surface area contributed by atoms with Crippen molar-refractivity contribution >= 4 is 17.3 Å². The Hall–Kier alpha value is -2.42. The number of hydrogen-bond acceptors (Lipinski definition) is 2. The molecule has 3 nitrogen and oxygen atoms in total. The fraction of sp³-hybridized carbons (Fsp3) is 0.125. The van der Waals surface area contributed by atoms with Gasteiger partial charge in [0.2, 0.25) is 5.91 Å². The number of hydrogen-bond donors (Lipinski definition) is 0. The maximum absolute atomic E-state index is 12.0. The minimum absolute atomic E-state index is 0.0124. The van der Waals surface area contributed by atoms with Crippen LogP contribution in [-0.4, -0.2) is 25.2 Å². The Labute approximate surface area is 112 Å². The van der Waals surface area contributed by atoms with Gasteiger partial charge in [-0.3, -0.25) is 9.79 Å². The van der Waals surface area contributed by atoms with Crippen LogP contribution in [0.1, 0.15) is 11.1 Å². The lowest BCUT2D eigenvalue weighted by Gasteiger charge is -2.17. The zero-order valence-electron chi connectivity index (χ0n) is 10.7. The summed E-state index contributed by atoms with van der Waals surface area (Å²) in [6.07, 6.45) is 0. The predicted octanol–water partition coefficient (Wildman–Crippen LogP) is 2.50. The third kappa shape index (κ3) is 2.03. The number of benzodiazepines with no additional fused rings is 1. The summed E-state index contributed by atoms with van der Waals surface area (Å²) in [5.41, 5.74) is 3.83. The summed E-state index contributed by atoms with van der Waals surface area (Å²) in [6, 6.07) is 17.9. The van der Waals surface area contributed by atoms with Crippen LogP contribution in [0.3, 0.4) is 0 Å². The topological polar surface area (TPSA) is 32.7 Å². The van der Waals surface area contributed by atoms with Crippen molar-refractivity contribution in [1.82, 2.24) is 0 Å². The summed E-state index contributed by atoms with van der Waals surface area (Å²) in [5.74, 6) is 0.0124. The molecule has 0 saturated carbocycles. The molecular formula is C16H14N2O. The first-order chi connectivity index (χ1) is 9.27. The van der Waals surface area contributed by atoms with Gasteiger partial charge in [0.15, 0.2) is 0 Å². The third-order valence-electron chi connectivity index (χ3n) is 3.31. The third-order valence-corrected chi connectivity index (χ3v) is 3.31. The van der Waals surface area contributed by atoms with E-state index in [-0.39, 0.29) is 12.5 Å². The van der Waals surface area contributed by atoms with Crippen LogP contribution in [0.4, 0.5) is 5.69 Å². The summed E-state index contributed by atoms with van der Waals surface area (Å²) in [5, 5.41) is 0. The highest BCUT2D eigenvalue weighted by molar-refractivity contribution is 6.19. The average molecular weight is 250 g/mol. The van der Waals surface area contributed by atoms with Crippen LogP contribution in [-0.2, 0) is 4.79 Å². The Bertz CT molecular complexity index is 647. The molecule has 94 valence electrons. The molecule has 0 atom stereocenters. The lowest BCUT2D eigenvalue weighted by Crippen LogP contribution is -2.27. The number of carbonyl (C=O) groups excluding carboxylic acids is 1. The molecule has 0 bridgehead atoms. The van der Waals surface area contributed by atoms with Gasteiger partial charge in [-0.05, 0) is 6.07 Å². The van der Waals surface area contributed by atoms with Crippen LogP contribution in [0.5, 0.6) is 0 Å². The molecule has 0 radical (unpaired) electrons. The van der Waals surface area contributed by atoms with E-state index in [1.54, 1.807) is 11.9 Å². The highest BCUT2D eigenvalue weighted by Crippen LogP contribution is 2.25. The number of aliphatic imine (C=N–C) groups is 1. The predicted molar refractivity (Wildman–Crippen MR) is 76.8 cm³/mol. The minimum Gasteiger partial charge on any atom is -0.313 e. The second-order valence-corrected chi connectivity index (χ2v) is 4.50. The fourth-order valence-corrected chi connectivity index (χ4v) is 2.28. The summed E-state index contributed by atoms with van der Waals surface area (Å²) in [6.45, 7) is 0.190. The maximum atomic E-state index is 12.0. The molecule has 0 spiro atoms. The smallest absolute Gasteiger partial charge is 0.248 e.